The van der Waals surface area contributed by atoms with Gasteiger partial charge in [0.25, 0.3) is 12.2 Å². The average molecular weight is 1420 g/mol. The predicted octanol–water partition coefficient (Wildman–Crippen LogP) is 12.9. The molecule has 16 nitrogen and oxygen atoms in total. The molecule has 2 aromatic rings. The molecule has 6 aliphatic rings. The summed E-state index contributed by atoms with van der Waals surface area (Å²) in [5.41, 5.74) is 3.14. The number of ether oxygens (including phenoxy) is 4. The van der Waals surface area contributed by atoms with Gasteiger partial charge in [-0.15, -0.1) is 0 Å². The van der Waals surface area contributed by atoms with Crippen LogP contribution in [0.4, 0.5) is 73.6 Å². The van der Waals surface area contributed by atoms with Crippen LogP contribution in [0, 0.1) is 11.8 Å². The van der Waals surface area contributed by atoms with Gasteiger partial charge in [-0.3, -0.25) is 24.3 Å². The fraction of sp³-hybridized carbons (Fsp3) is 0.733. The first-order chi connectivity index (χ1) is 42.3. The van der Waals surface area contributed by atoms with Crippen LogP contribution in [0.3, 0.4) is 0 Å². The van der Waals surface area contributed by atoms with Crippen LogP contribution < -0.4 is 15.1 Å². The van der Waals surface area contributed by atoms with E-state index in [1.165, 1.54) is 12.8 Å². The van der Waals surface area contributed by atoms with Crippen molar-refractivity contribution in [3.8, 4) is 0 Å². The molecule has 6 aliphatic heterocycles. The lowest BCUT2D eigenvalue weighted by Crippen LogP contribution is -2.52. The minimum atomic E-state index is -5.76. The molecule has 31 heteroatoms. The van der Waals surface area contributed by atoms with E-state index >= 15 is 0 Å². The first kappa shape index (κ1) is 75.6. The fourth-order valence-electron chi connectivity index (χ4n) is 12.3. The number of carbonyl (C=O) groups excluding carboxylic acids is 4. The minimum Gasteiger partial charge on any atom is -0.459 e. The predicted molar refractivity (Wildman–Crippen MR) is 322 cm³/mol. The Balaban J connectivity index is 0.000000258. The molecular formula is C60H83BrCl2F12N8O8. The third-order valence-electron chi connectivity index (χ3n) is 16.4. The molecule has 8 rings (SSSR count). The highest BCUT2D eigenvalue weighted by Gasteiger charge is 2.61. The third-order valence-corrected chi connectivity index (χ3v) is 17.4. The van der Waals surface area contributed by atoms with Crippen molar-refractivity contribution < 1.29 is 90.8 Å². The van der Waals surface area contributed by atoms with Crippen LogP contribution in [-0.4, -0.2) is 212 Å². The minimum absolute atomic E-state index is 0.0377. The monoisotopic (exact) mass is 1420 g/mol. The van der Waals surface area contributed by atoms with Gasteiger partial charge in [-0.1, -0.05) is 51.3 Å². The van der Waals surface area contributed by atoms with E-state index in [0.29, 0.717) is 47.1 Å². The number of anilines is 2. The van der Waals surface area contributed by atoms with Crippen molar-refractivity contribution in [2.45, 2.75) is 166 Å². The lowest BCUT2D eigenvalue weighted by Gasteiger charge is -2.40. The van der Waals surface area contributed by atoms with Crippen molar-refractivity contribution in [1.82, 2.24) is 29.8 Å². The maximum atomic E-state index is 12.8. The molecule has 0 spiro atoms. The summed E-state index contributed by atoms with van der Waals surface area (Å²) >= 11 is 15.7. The molecule has 6 saturated heterocycles. The lowest BCUT2D eigenvalue weighted by atomic mass is 9.87. The Morgan fingerprint density at radius 2 is 0.923 bits per heavy atom. The number of nitrogens with zero attached hydrogens (tertiary/aromatic N) is 7. The normalized spacial score (nSPS) is 20.9. The van der Waals surface area contributed by atoms with Crippen molar-refractivity contribution in [3.05, 3.63) is 57.6 Å². The van der Waals surface area contributed by atoms with Gasteiger partial charge < -0.3 is 43.9 Å². The van der Waals surface area contributed by atoms with Crippen molar-refractivity contribution in [1.29, 1.82) is 0 Å². The number of piperidine rings is 2. The van der Waals surface area contributed by atoms with E-state index in [1.807, 2.05) is 75.6 Å². The molecule has 6 fully saturated rings. The van der Waals surface area contributed by atoms with Crippen molar-refractivity contribution >= 4 is 74.6 Å². The quantitative estimate of drug-likeness (QED) is 0.0880. The van der Waals surface area contributed by atoms with Crippen LogP contribution in [0.1, 0.15) is 104 Å². The Kier molecular flexibility index (Phi) is 26.9. The first-order valence-corrected chi connectivity index (χ1v) is 32.3. The lowest BCUT2D eigenvalue weighted by molar-refractivity contribution is -0.309. The average Bonchev–Trinajstić information content (AvgIpc) is 2.36. The second kappa shape index (κ2) is 32.3. The van der Waals surface area contributed by atoms with Gasteiger partial charge >= 0.3 is 48.8 Å². The summed E-state index contributed by atoms with van der Waals surface area (Å²) < 4.78 is 171. The van der Waals surface area contributed by atoms with Gasteiger partial charge in [-0.2, -0.15) is 52.7 Å². The topological polar surface area (TPSA) is 140 Å². The van der Waals surface area contributed by atoms with E-state index < -0.39 is 54.7 Å². The molecule has 516 valence electrons. The number of alkyl halides is 13. The van der Waals surface area contributed by atoms with Gasteiger partial charge in [0.2, 0.25) is 0 Å². The molecule has 0 bridgehead atoms. The summed E-state index contributed by atoms with van der Waals surface area (Å²) in [7, 11) is 0. The maximum Gasteiger partial charge on any atom is 0.434 e. The fourth-order valence-corrected chi connectivity index (χ4v) is 12.7. The molecule has 2 amide bonds. The molecule has 1 N–H and O–H groups in total. The second-order valence-electron chi connectivity index (χ2n) is 25.6. The second-order valence-corrected chi connectivity index (χ2v) is 27.0. The highest BCUT2D eigenvalue weighted by atomic mass is 79.9. The number of hydrogen-bond donors (Lipinski definition) is 1. The van der Waals surface area contributed by atoms with Crippen LogP contribution in [0.5, 0.6) is 0 Å². The summed E-state index contributed by atoms with van der Waals surface area (Å²) in [6.45, 7) is 18.6. The van der Waals surface area contributed by atoms with E-state index in [0.717, 1.165) is 110 Å². The van der Waals surface area contributed by atoms with Gasteiger partial charge in [0.1, 0.15) is 16.5 Å². The smallest absolute Gasteiger partial charge is 0.434 e. The number of rotatable bonds is 13. The Bertz CT molecular complexity index is 2660. The number of halogens is 15. The maximum absolute atomic E-state index is 12.8. The molecule has 0 aliphatic carbocycles. The zero-order valence-electron chi connectivity index (χ0n) is 51.9. The Labute approximate surface area is 541 Å². The zero-order chi connectivity index (χ0) is 67.4. The van der Waals surface area contributed by atoms with Gasteiger partial charge in [0.05, 0.1) is 6.54 Å². The number of amides is 2. The first-order valence-electron chi connectivity index (χ1n) is 30.4. The number of esters is 2. The van der Waals surface area contributed by atoms with Gasteiger partial charge in [0.15, 0.2) is 0 Å². The SMILES string of the molecule is CC(C)(C)OC(=O)CBr.CC(C)(C)OC(=O)CN1CCCC1C1CCN(c2cc(Cl)ccc2CN2CCN(C(=O)OC(C(F)(F)F)C(F)(F)F)CC2)CC1.O=C(OC(C(F)(F)F)C(F)(F)F)N1CCN(Cc2ccc(Cl)cc2N2CCC(C3CCCN3)CC2)CC1. The number of benzene rings is 2. The largest absolute Gasteiger partial charge is 0.459 e. The number of carbonyl (C=O) groups is 4. The number of likely N-dealkylation sites (tertiary alicyclic amines) is 1. The van der Waals surface area contributed by atoms with E-state index in [1.54, 1.807) is 12.1 Å². The molecule has 2 unspecified atom stereocenters. The van der Waals surface area contributed by atoms with E-state index in [4.69, 9.17) is 32.7 Å². The van der Waals surface area contributed by atoms with Crippen LogP contribution >= 0.6 is 39.1 Å². The highest BCUT2D eigenvalue weighted by Crippen LogP contribution is 2.40. The molecule has 2 atom stereocenters. The summed E-state index contributed by atoms with van der Waals surface area (Å²) in [6, 6.07) is 12.2. The van der Waals surface area contributed by atoms with Crippen molar-refractivity contribution in [2.75, 3.05) is 113 Å². The number of hydrogen-bond acceptors (Lipinski definition) is 14. The molecule has 0 saturated carbocycles. The summed E-state index contributed by atoms with van der Waals surface area (Å²) in [5.74, 6) is 0.668. The van der Waals surface area contributed by atoms with Crippen LogP contribution in [-0.2, 0) is 41.6 Å². The van der Waals surface area contributed by atoms with Gasteiger partial charge in [0, 0.05) is 125 Å². The number of nitrogens with one attached hydrogen (secondary N) is 1. The molecule has 0 aromatic heterocycles. The molecule has 0 radical (unpaired) electrons. The van der Waals surface area contributed by atoms with Crippen molar-refractivity contribution in [2.24, 2.45) is 11.8 Å². The Hall–Kier alpha value is -4.42. The number of piperazine rings is 2. The Morgan fingerprint density at radius 3 is 1.27 bits per heavy atom. The standard InChI is InChI=1S/C30H41ClF6N4O4.C24H31ClF6N4O2.C6H11BrO2/c1-28(2,3)45-25(42)19-41-10-4-5-23(41)20-8-11-39(12-9-20)24-17-22(31)7-6-21(24)18-38-13-15-40(16-14-38)27(43)44-26(29(32,33)34)30(35,36)37;25-18-4-3-17(20(14-18)34-8-5-16(6-9-34)19-2-1-7-32-19)15-33-10-12-35(13-11-33)22(36)37-21(23(26,27)28)24(29,30)31;1-6(2,3)9-5(8)4-7/h6-7,17,20,23,26H,4-5,8-16,18-19H2,1-3H3;3-4,14,16,19,21,32H,1-2,5-13,15H2;4H2,1-3H3. The third kappa shape index (κ3) is 23.8. The van der Waals surface area contributed by atoms with Crippen LogP contribution in [0.2, 0.25) is 10.0 Å². The molecule has 6 heterocycles. The summed E-state index contributed by atoms with van der Waals surface area (Å²) in [5, 5.41) is 5.06. The van der Waals surface area contributed by atoms with Gasteiger partial charge in [-0.25, -0.2) is 9.59 Å². The summed E-state index contributed by atoms with van der Waals surface area (Å²) in [4.78, 5) is 59.8. The highest BCUT2D eigenvalue weighted by molar-refractivity contribution is 9.09. The van der Waals surface area contributed by atoms with E-state index in [2.05, 4.69) is 45.4 Å². The van der Waals surface area contributed by atoms with Crippen molar-refractivity contribution in [3.63, 3.8) is 0 Å². The molecular weight excluding hydrogens is 1340 g/mol. The molecule has 2 aromatic carbocycles. The molecule has 91 heavy (non-hydrogen) atoms. The Morgan fingerprint density at radius 1 is 0.527 bits per heavy atom. The van der Waals surface area contributed by atoms with Gasteiger partial charge in [-0.05, 0) is 153 Å². The van der Waals surface area contributed by atoms with Crippen LogP contribution in [0.15, 0.2) is 36.4 Å². The van der Waals surface area contributed by atoms with Crippen LogP contribution in [0.25, 0.3) is 0 Å². The van der Waals surface area contributed by atoms with E-state index in [-0.39, 0.29) is 81.8 Å². The zero-order valence-corrected chi connectivity index (χ0v) is 55.0. The van der Waals surface area contributed by atoms with E-state index in [9.17, 15) is 71.9 Å². The summed E-state index contributed by atoms with van der Waals surface area (Å²) in [6.07, 6.45) is -26.0.